The number of aromatic nitrogens is 1. The van der Waals surface area contributed by atoms with Gasteiger partial charge >= 0.3 is 0 Å². The summed E-state index contributed by atoms with van der Waals surface area (Å²) in [6.45, 7) is 4.06. The summed E-state index contributed by atoms with van der Waals surface area (Å²) in [7, 11) is 0. The Bertz CT molecular complexity index is 685. The summed E-state index contributed by atoms with van der Waals surface area (Å²) in [5.41, 5.74) is 3.13. The molecule has 0 bridgehead atoms. The van der Waals surface area contributed by atoms with Crippen LogP contribution in [0.3, 0.4) is 0 Å². The average molecular weight is 270 g/mol. The van der Waals surface area contributed by atoms with Gasteiger partial charge in [0.1, 0.15) is 0 Å². The number of carbonyl (C=O) groups excluding carboxylic acids is 1. The number of thiophene rings is 1. The fraction of sp³-hybridized carbons (Fsp3) is 0.200. The lowest BCUT2D eigenvalue weighted by molar-refractivity contribution is -0.110. The van der Waals surface area contributed by atoms with Gasteiger partial charge in [0.2, 0.25) is 0 Å². The standard InChI is InChI=1S/C15H14N2OS/c1-3-10-5-6-11(19-10)8-12-14-13(17-15(12)18)7-4-9(2)16-14/h4-8H,3H2,1-2H3,(H,17,18). The molecule has 3 nitrogen and oxygen atoms in total. The molecule has 0 radical (unpaired) electrons. The van der Waals surface area contributed by atoms with Gasteiger partial charge in [0.05, 0.1) is 17.0 Å². The van der Waals surface area contributed by atoms with Crippen LogP contribution < -0.4 is 5.32 Å². The van der Waals surface area contributed by atoms with E-state index in [2.05, 4.69) is 29.4 Å². The van der Waals surface area contributed by atoms with Gasteiger partial charge in [0.15, 0.2) is 0 Å². The second-order valence-electron chi connectivity index (χ2n) is 4.52. The van der Waals surface area contributed by atoms with Gasteiger partial charge in [-0.3, -0.25) is 9.78 Å². The van der Waals surface area contributed by atoms with E-state index in [0.717, 1.165) is 28.4 Å². The molecular weight excluding hydrogens is 256 g/mol. The molecule has 19 heavy (non-hydrogen) atoms. The summed E-state index contributed by atoms with van der Waals surface area (Å²) < 4.78 is 0. The molecule has 0 spiro atoms. The lowest BCUT2D eigenvalue weighted by Crippen LogP contribution is -2.03. The van der Waals surface area contributed by atoms with Crippen molar-refractivity contribution in [3.63, 3.8) is 0 Å². The number of hydrogen-bond acceptors (Lipinski definition) is 3. The van der Waals surface area contributed by atoms with Gasteiger partial charge in [-0.1, -0.05) is 6.92 Å². The smallest absolute Gasteiger partial charge is 0.258 e. The van der Waals surface area contributed by atoms with E-state index in [1.54, 1.807) is 11.3 Å². The van der Waals surface area contributed by atoms with E-state index in [4.69, 9.17) is 0 Å². The molecule has 2 aromatic heterocycles. The maximum Gasteiger partial charge on any atom is 0.258 e. The molecular formula is C15H14N2OS. The topological polar surface area (TPSA) is 42.0 Å². The minimum Gasteiger partial charge on any atom is -0.320 e. The van der Waals surface area contributed by atoms with Crippen molar-refractivity contribution in [2.75, 3.05) is 5.32 Å². The van der Waals surface area contributed by atoms with Crippen LogP contribution in [0.2, 0.25) is 0 Å². The normalized spacial score (nSPS) is 15.7. The maximum atomic E-state index is 12.0. The largest absolute Gasteiger partial charge is 0.320 e. The predicted octanol–water partition coefficient (Wildman–Crippen LogP) is 3.51. The highest BCUT2D eigenvalue weighted by Gasteiger charge is 2.25. The number of fused-ring (bicyclic) bond motifs is 1. The van der Waals surface area contributed by atoms with Crippen LogP contribution in [0.1, 0.15) is 28.1 Å². The third-order valence-corrected chi connectivity index (χ3v) is 4.28. The lowest BCUT2D eigenvalue weighted by atomic mass is 10.1. The van der Waals surface area contributed by atoms with Crippen molar-refractivity contribution in [3.8, 4) is 0 Å². The number of pyridine rings is 1. The first kappa shape index (κ1) is 12.1. The van der Waals surface area contributed by atoms with Gasteiger partial charge in [-0.15, -0.1) is 11.3 Å². The van der Waals surface area contributed by atoms with Gasteiger partial charge in [-0.25, -0.2) is 0 Å². The molecule has 2 aromatic rings. The summed E-state index contributed by atoms with van der Waals surface area (Å²) in [4.78, 5) is 18.9. The van der Waals surface area contributed by atoms with Crippen molar-refractivity contribution < 1.29 is 4.79 Å². The van der Waals surface area contributed by atoms with Crippen molar-refractivity contribution in [1.82, 2.24) is 4.98 Å². The Morgan fingerprint density at radius 3 is 2.89 bits per heavy atom. The monoisotopic (exact) mass is 270 g/mol. The zero-order valence-electron chi connectivity index (χ0n) is 10.9. The first-order valence-electron chi connectivity index (χ1n) is 6.27. The molecule has 0 fully saturated rings. The van der Waals surface area contributed by atoms with E-state index >= 15 is 0 Å². The fourth-order valence-electron chi connectivity index (χ4n) is 2.10. The molecule has 1 aliphatic rings. The van der Waals surface area contributed by atoms with E-state index in [1.807, 2.05) is 25.1 Å². The number of anilines is 1. The second kappa shape index (κ2) is 4.63. The summed E-state index contributed by atoms with van der Waals surface area (Å²) in [6, 6.07) is 7.97. The number of hydrogen-bond donors (Lipinski definition) is 1. The van der Waals surface area contributed by atoms with Crippen molar-refractivity contribution in [1.29, 1.82) is 0 Å². The Morgan fingerprint density at radius 1 is 1.32 bits per heavy atom. The molecule has 1 aliphatic heterocycles. The molecule has 96 valence electrons. The van der Waals surface area contributed by atoms with E-state index in [-0.39, 0.29) is 5.91 Å². The molecule has 1 N–H and O–H groups in total. The van der Waals surface area contributed by atoms with Crippen molar-refractivity contribution in [2.24, 2.45) is 0 Å². The minimum atomic E-state index is -0.0699. The summed E-state index contributed by atoms with van der Waals surface area (Å²) in [5.74, 6) is -0.0699. The van der Waals surface area contributed by atoms with Crippen LogP contribution in [0.4, 0.5) is 5.69 Å². The zero-order valence-corrected chi connectivity index (χ0v) is 11.7. The molecule has 1 amide bonds. The van der Waals surface area contributed by atoms with Crippen LogP contribution in [0, 0.1) is 6.92 Å². The first-order chi connectivity index (χ1) is 9.17. The summed E-state index contributed by atoms with van der Waals surface area (Å²) >= 11 is 1.72. The third-order valence-electron chi connectivity index (χ3n) is 3.10. The molecule has 0 aliphatic carbocycles. The zero-order chi connectivity index (χ0) is 13.4. The SMILES string of the molecule is CCc1ccc(C=C2C(=O)Nc3ccc(C)nc32)s1. The number of aryl methyl sites for hydroxylation is 2. The number of rotatable bonds is 2. The summed E-state index contributed by atoms with van der Waals surface area (Å²) in [5, 5.41) is 2.85. The number of amides is 1. The molecule has 0 saturated carbocycles. The molecule has 0 unspecified atom stereocenters. The van der Waals surface area contributed by atoms with E-state index in [9.17, 15) is 4.79 Å². The Morgan fingerprint density at radius 2 is 2.16 bits per heavy atom. The Hall–Kier alpha value is -1.94. The van der Waals surface area contributed by atoms with Gasteiger partial charge in [-0.2, -0.15) is 0 Å². The van der Waals surface area contributed by atoms with E-state index in [0.29, 0.717) is 5.57 Å². The number of carbonyl (C=O) groups is 1. The van der Waals surface area contributed by atoms with Crippen molar-refractivity contribution >= 4 is 34.6 Å². The van der Waals surface area contributed by atoms with Crippen molar-refractivity contribution in [2.45, 2.75) is 20.3 Å². The van der Waals surface area contributed by atoms with Crippen LogP contribution in [0.25, 0.3) is 11.6 Å². The predicted molar refractivity (Wildman–Crippen MR) is 79.2 cm³/mol. The first-order valence-corrected chi connectivity index (χ1v) is 7.09. The molecule has 3 rings (SSSR count). The third kappa shape index (κ3) is 2.19. The van der Waals surface area contributed by atoms with E-state index < -0.39 is 0 Å². The quantitative estimate of drug-likeness (QED) is 0.848. The Labute approximate surface area is 116 Å². The van der Waals surface area contributed by atoms with Crippen LogP contribution >= 0.6 is 11.3 Å². The highest BCUT2D eigenvalue weighted by Crippen LogP contribution is 2.32. The maximum absolute atomic E-state index is 12.0. The van der Waals surface area contributed by atoms with Gasteiger partial charge in [0, 0.05) is 15.4 Å². The van der Waals surface area contributed by atoms with Gasteiger partial charge < -0.3 is 5.32 Å². The molecule has 3 heterocycles. The van der Waals surface area contributed by atoms with E-state index in [1.165, 1.54) is 4.88 Å². The number of nitrogens with zero attached hydrogens (tertiary/aromatic N) is 1. The van der Waals surface area contributed by atoms with Crippen molar-refractivity contribution in [3.05, 3.63) is 45.4 Å². The Balaban J connectivity index is 2.06. The summed E-state index contributed by atoms with van der Waals surface area (Å²) in [6.07, 6.45) is 2.95. The van der Waals surface area contributed by atoms with Crippen LogP contribution in [-0.4, -0.2) is 10.9 Å². The highest BCUT2D eigenvalue weighted by atomic mass is 32.1. The second-order valence-corrected chi connectivity index (χ2v) is 5.72. The minimum absolute atomic E-state index is 0.0699. The van der Waals surface area contributed by atoms with Crippen LogP contribution in [0.5, 0.6) is 0 Å². The lowest BCUT2D eigenvalue weighted by Gasteiger charge is -1.98. The van der Waals surface area contributed by atoms with Crippen LogP contribution in [0.15, 0.2) is 24.3 Å². The molecule has 0 saturated heterocycles. The number of nitrogens with one attached hydrogen (secondary N) is 1. The highest BCUT2D eigenvalue weighted by molar-refractivity contribution is 7.13. The Kier molecular flexibility index (Phi) is 2.95. The molecule has 0 atom stereocenters. The van der Waals surface area contributed by atoms with Gasteiger partial charge in [-0.05, 0) is 43.7 Å². The molecule has 0 aromatic carbocycles. The molecule has 4 heteroatoms. The van der Waals surface area contributed by atoms with Crippen LogP contribution in [-0.2, 0) is 11.2 Å². The fourth-order valence-corrected chi connectivity index (χ4v) is 2.99. The van der Waals surface area contributed by atoms with Gasteiger partial charge in [0.25, 0.3) is 5.91 Å². The average Bonchev–Trinajstić information content (AvgIpc) is 2.96.